The van der Waals surface area contributed by atoms with Gasteiger partial charge in [0.25, 0.3) is 0 Å². The Bertz CT molecular complexity index is 1000. The molecule has 0 amide bonds. The van der Waals surface area contributed by atoms with Gasteiger partial charge in [0.05, 0.1) is 22.5 Å². The molecular weight excluding hydrogens is 427 g/mol. The molecule has 0 aliphatic heterocycles. The molecule has 0 spiro atoms. The molecule has 0 N–H and O–H groups in total. The summed E-state index contributed by atoms with van der Waals surface area (Å²) >= 11 is 0.371. The van der Waals surface area contributed by atoms with E-state index in [1.54, 1.807) is 0 Å². The van der Waals surface area contributed by atoms with E-state index in [4.69, 9.17) is 4.74 Å². The largest absolute Gasteiger partial charge is 0.490 e. The molecular formula is C16H9F5N2O5S. The molecule has 154 valence electrons. The summed E-state index contributed by atoms with van der Waals surface area (Å²) in [6.07, 6.45) is 0.207. The van der Waals surface area contributed by atoms with Gasteiger partial charge >= 0.3 is 10.7 Å². The second kappa shape index (κ2) is 8.86. The van der Waals surface area contributed by atoms with Crippen LogP contribution in [0.1, 0.15) is 11.1 Å². The molecule has 0 fully saturated rings. The van der Waals surface area contributed by atoms with Gasteiger partial charge in [0.1, 0.15) is 0 Å². The quantitative estimate of drug-likeness (QED) is 0.203. The summed E-state index contributed by atoms with van der Waals surface area (Å²) in [5, 5.41) is 21.2. The average molecular weight is 436 g/mol. The predicted octanol–water partition coefficient (Wildman–Crippen LogP) is 4.81. The fourth-order valence-corrected chi connectivity index (χ4v) is 2.95. The van der Waals surface area contributed by atoms with Gasteiger partial charge < -0.3 is 4.74 Å². The molecule has 0 radical (unpaired) electrons. The van der Waals surface area contributed by atoms with Crippen LogP contribution in [0.2, 0.25) is 0 Å². The monoisotopic (exact) mass is 436 g/mol. The number of hydrogen-bond donors (Lipinski definition) is 0. The van der Waals surface area contributed by atoms with E-state index in [-0.39, 0.29) is 23.1 Å². The standard InChI is InChI=1S/C16H9F5N2O5S/c1-28-10-3-2-7(4-9(10)22(24)25)6-29-11(23(26)27)5-8-12(17)14(19)16(21)15(20)13(8)18/h2-5H,6H2,1H3. The van der Waals surface area contributed by atoms with Crippen LogP contribution >= 0.6 is 11.8 Å². The topological polar surface area (TPSA) is 95.5 Å². The highest BCUT2D eigenvalue weighted by atomic mass is 32.2. The van der Waals surface area contributed by atoms with Gasteiger partial charge in [-0.05, 0) is 23.4 Å². The number of nitro groups is 2. The summed E-state index contributed by atoms with van der Waals surface area (Å²) in [5.41, 5.74) is -1.68. The predicted molar refractivity (Wildman–Crippen MR) is 92.1 cm³/mol. The third-order valence-electron chi connectivity index (χ3n) is 3.52. The minimum Gasteiger partial charge on any atom is -0.490 e. The zero-order valence-electron chi connectivity index (χ0n) is 14.3. The number of nitro benzene ring substituents is 1. The van der Waals surface area contributed by atoms with Crippen LogP contribution in [0, 0.1) is 49.3 Å². The van der Waals surface area contributed by atoms with E-state index in [1.165, 1.54) is 19.2 Å². The Kier molecular flexibility index (Phi) is 6.74. The Morgan fingerprint density at radius 3 is 2.07 bits per heavy atom. The van der Waals surface area contributed by atoms with Crippen molar-refractivity contribution in [3.8, 4) is 5.75 Å². The summed E-state index contributed by atoms with van der Waals surface area (Å²) < 4.78 is 71.8. The molecule has 0 atom stereocenters. The Balaban J connectivity index is 2.39. The first-order chi connectivity index (χ1) is 13.6. The molecule has 2 aromatic carbocycles. The number of ether oxygens (including phenoxy) is 1. The van der Waals surface area contributed by atoms with Gasteiger partial charge in [-0.1, -0.05) is 6.07 Å². The van der Waals surface area contributed by atoms with Crippen LogP contribution in [0.4, 0.5) is 27.6 Å². The lowest BCUT2D eigenvalue weighted by Gasteiger charge is -2.06. The first-order valence-electron chi connectivity index (χ1n) is 7.40. The average Bonchev–Trinajstić information content (AvgIpc) is 2.69. The van der Waals surface area contributed by atoms with Gasteiger partial charge in [0, 0.05) is 17.9 Å². The second-order valence-corrected chi connectivity index (χ2v) is 6.27. The van der Waals surface area contributed by atoms with Crippen LogP contribution in [0.3, 0.4) is 0 Å². The smallest absolute Gasteiger partial charge is 0.311 e. The normalized spacial score (nSPS) is 11.4. The van der Waals surface area contributed by atoms with Crippen LogP contribution in [-0.2, 0) is 5.75 Å². The van der Waals surface area contributed by atoms with Crippen molar-refractivity contribution in [2.45, 2.75) is 5.75 Å². The van der Waals surface area contributed by atoms with E-state index >= 15 is 0 Å². The Hall–Kier alpha value is -3.22. The summed E-state index contributed by atoms with van der Waals surface area (Å²) in [6.45, 7) is 0. The number of methoxy groups -OCH3 is 1. The number of nitrogens with zero attached hydrogens (tertiary/aromatic N) is 2. The van der Waals surface area contributed by atoms with Crippen LogP contribution in [0.15, 0.2) is 23.2 Å². The summed E-state index contributed by atoms with van der Waals surface area (Å²) in [4.78, 5) is 20.3. The minimum absolute atomic E-state index is 0.0600. The molecule has 7 nitrogen and oxygen atoms in total. The van der Waals surface area contributed by atoms with E-state index in [9.17, 15) is 42.2 Å². The number of hydrogen-bond acceptors (Lipinski definition) is 6. The van der Waals surface area contributed by atoms with Crippen molar-refractivity contribution >= 4 is 23.5 Å². The molecule has 29 heavy (non-hydrogen) atoms. The summed E-state index contributed by atoms with van der Waals surface area (Å²) in [6, 6.07) is 3.67. The zero-order chi connectivity index (χ0) is 21.9. The lowest BCUT2D eigenvalue weighted by Crippen LogP contribution is -2.05. The van der Waals surface area contributed by atoms with Gasteiger partial charge in [-0.3, -0.25) is 20.2 Å². The lowest BCUT2D eigenvalue weighted by atomic mass is 10.1. The fraction of sp³-hybridized carbons (Fsp3) is 0.125. The Morgan fingerprint density at radius 2 is 1.59 bits per heavy atom. The van der Waals surface area contributed by atoms with E-state index in [2.05, 4.69) is 0 Å². The van der Waals surface area contributed by atoms with Crippen molar-refractivity contribution in [3.63, 3.8) is 0 Å². The van der Waals surface area contributed by atoms with Crippen molar-refractivity contribution in [2.24, 2.45) is 0 Å². The van der Waals surface area contributed by atoms with E-state index in [0.29, 0.717) is 11.8 Å². The van der Waals surface area contributed by atoms with E-state index in [1.807, 2.05) is 0 Å². The molecule has 0 saturated heterocycles. The summed E-state index contributed by atoms with van der Waals surface area (Å²) in [5.74, 6) is -11.6. The van der Waals surface area contributed by atoms with Gasteiger partial charge in [0.2, 0.25) is 5.82 Å². The molecule has 0 aromatic heterocycles. The minimum atomic E-state index is -2.39. The molecule has 2 rings (SSSR count). The maximum Gasteiger partial charge on any atom is 0.311 e. The third kappa shape index (κ3) is 4.62. The number of rotatable bonds is 7. The Labute approximate surface area is 163 Å². The maximum atomic E-state index is 13.7. The maximum absolute atomic E-state index is 13.7. The van der Waals surface area contributed by atoms with Crippen molar-refractivity contribution in [1.82, 2.24) is 0 Å². The molecule has 0 aliphatic carbocycles. The molecule has 0 heterocycles. The van der Waals surface area contributed by atoms with Crippen LogP contribution in [0.5, 0.6) is 5.75 Å². The van der Waals surface area contributed by atoms with Crippen molar-refractivity contribution in [3.05, 3.63) is 83.7 Å². The highest BCUT2D eigenvalue weighted by Crippen LogP contribution is 2.32. The molecule has 13 heteroatoms. The summed E-state index contributed by atoms with van der Waals surface area (Å²) in [7, 11) is 1.20. The van der Waals surface area contributed by atoms with Crippen molar-refractivity contribution in [1.29, 1.82) is 0 Å². The highest BCUT2D eigenvalue weighted by molar-refractivity contribution is 8.02. The number of benzene rings is 2. The van der Waals surface area contributed by atoms with Crippen LogP contribution < -0.4 is 4.74 Å². The van der Waals surface area contributed by atoms with Gasteiger partial charge in [-0.15, -0.1) is 0 Å². The van der Waals surface area contributed by atoms with Gasteiger partial charge in [-0.2, -0.15) is 0 Å². The van der Waals surface area contributed by atoms with Crippen LogP contribution in [-0.4, -0.2) is 17.0 Å². The van der Waals surface area contributed by atoms with E-state index < -0.39 is 55.2 Å². The van der Waals surface area contributed by atoms with E-state index in [0.717, 1.165) is 6.07 Å². The first-order valence-corrected chi connectivity index (χ1v) is 8.38. The highest BCUT2D eigenvalue weighted by Gasteiger charge is 2.27. The second-order valence-electron chi connectivity index (χ2n) is 5.28. The first kappa shape index (κ1) is 22.1. The van der Waals surface area contributed by atoms with Crippen LogP contribution in [0.25, 0.3) is 6.08 Å². The lowest BCUT2D eigenvalue weighted by molar-refractivity contribution is -0.408. The van der Waals surface area contributed by atoms with Crippen molar-refractivity contribution < 1.29 is 36.5 Å². The SMILES string of the molecule is COc1ccc(CSC(=Cc2c(F)c(F)c(F)c(F)c2F)[N+](=O)[O-])cc1[N+](=O)[O-]. The van der Waals surface area contributed by atoms with Gasteiger partial charge in [-0.25, -0.2) is 22.0 Å². The molecule has 0 unspecified atom stereocenters. The molecule has 0 aliphatic rings. The molecule has 2 aromatic rings. The zero-order valence-corrected chi connectivity index (χ0v) is 15.1. The number of thioether (sulfide) groups is 1. The van der Waals surface area contributed by atoms with Crippen molar-refractivity contribution in [2.75, 3.05) is 7.11 Å². The Morgan fingerprint density at radius 1 is 1.03 bits per heavy atom. The fourth-order valence-electron chi connectivity index (χ4n) is 2.14. The molecule has 0 bridgehead atoms. The number of halogens is 5. The molecule has 0 saturated carbocycles. The van der Waals surface area contributed by atoms with Gasteiger partial charge in [0.15, 0.2) is 29.0 Å². The third-order valence-corrected chi connectivity index (χ3v) is 4.56.